The van der Waals surface area contributed by atoms with E-state index in [9.17, 15) is 4.79 Å². The van der Waals surface area contributed by atoms with Gasteiger partial charge < -0.3 is 10.6 Å². The lowest BCUT2D eigenvalue weighted by atomic mass is 9.76. The highest BCUT2D eigenvalue weighted by Crippen LogP contribution is 2.32. The van der Waals surface area contributed by atoms with Gasteiger partial charge in [0.2, 0.25) is 5.91 Å². The maximum Gasteiger partial charge on any atom is 0.226 e. The number of aromatic nitrogens is 1. The average molecular weight is 261 g/mol. The maximum atomic E-state index is 12.4. The third kappa shape index (κ3) is 3.32. The molecule has 19 heavy (non-hydrogen) atoms. The van der Waals surface area contributed by atoms with Crippen molar-refractivity contribution in [3.63, 3.8) is 0 Å². The summed E-state index contributed by atoms with van der Waals surface area (Å²) in [5.74, 6) is 0.180. The molecule has 0 spiro atoms. The van der Waals surface area contributed by atoms with Crippen LogP contribution >= 0.6 is 0 Å². The van der Waals surface area contributed by atoms with E-state index >= 15 is 0 Å². The van der Waals surface area contributed by atoms with Crippen LogP contribution in [0, 0.1) is 12.3 Å². The molecule has 1 amide bonds. The number of amides is 1. The molecule has 0 radical (unpaired) electrons. The molecule has 1 aromatic heterocycles. The van der Waals surface area contributed by atoms with Gasteiger partial charge in [-0.25, -0.2) is 0 Å². The number of carbonyl (C=O) groups is 1. The Hall–Kier alpha value is -1.42. The zero-order valence-corrected chi connectivity index (χ0v) is 11.8. The van der Waals surface area contributed by atoms with Crippen LogP contribution in [0.2, 0.25) is 0 Å². The summed E-state index contributed by atoms with van der Waals surface area (Å²) < 4.78 is 0. The number of hydrogen-bond acceptors (Lipinski definition) is 3. The van der Waals surface area contributed by atoms with Crippen LogP contribution in [-0.2, 0) is 11.3 Å². The highest BCUT2D eigenvalue weighted by molar-refractivity contribution is 5.82. The van der Waals surface area contributed by atoms with Crippen molar-refractivity contribution < 1.29 is 4.79 Å². The molecule has 104 valence electrons. The van der Waals surface area contributed by atoms with Crippen molar-refractivity contribution in [2.45, 2.75) is 39.7 Å². The average Bonchev–Trinajstić information content (AvgIpc) is 2.45. The van der Waals surface area contributed by atoms with Gasteiger partial charge in [-0.3, -0.25) is 9.78 Å². The first-order chi connectivity index (χ1) is 9.16. The van der Waals surface area contributed by atoms with Crippen LogP contribution in [0.4, 0.5) is 0 Å². The number of carbonyl (C=O) groups excluding carboxylic acids is 1. The summed E-state index contributed by atoms with van der Waals surface area (Å²) in [7, 11) is 0. The fraction of sp³-hybridized carbons (Fsp3) is 0.600. The van der Waals surface area contributed by atoms with Gasteiger partial charge in [-0.2, -0.15) is 0 Å². The van der Waals surface area contributed by atoms with Crippen molar-refractivity contribution in [1.82, 2.24) is 15.6 Å². The van der Waals surface area contributed by atoms with Crippen LogP contribution in [0.3, 0.4) is 0 Å². The van der Waals surface area contributed by atoms with Crippen LogP contribution in [0.1, 0.15) is 37.6 Å². The Kier molecular flexibility index (Phi) is 4.53. The van der Waals surface area contributed by atoms with Crippen LogP contribution in [0.25, 0.3) is 0 Å². The number of pyridine rings is 1. The monoisotopic (exact) mass is 261 g/mol. The van der Waals surface area contributed by atoms with Crippen LogP contribution < -0.4 is 10.6 Å². The minimum atomic E-state index is -0.185. The number of nitrogens with one attached hydrogen (secondary N) is 2. The van der Waals surface area contributed by atoms with Gasteiger partial charge in [0.1, 0.15) is 0 Å². The molecule has 0 saturated carbocycles. The van der Waals surface area contributed by atoms with Gasteiger partial charge in [-0.1, -0.05) is 13.0 Å². The molecular weight excluding hydrogens is 238 g/mol. The van der Waals surface area contributed by atoms with Gasteiger partial charge in [0.05, 0.1) is 17.7 Å². The molecule has 2 N–H and O–H groups in total. The van der Waals surface area contributed by atoms with Gasteiger partial charge in [0.25, 0.3) is 0 Å². The number of hydrogen-bond donors (Lipinski definition) is 2. The first-order valence-corrected chi connectivity index (χ1v) is 7.08. The summed E-state index contributed by atoms with van der Waals surface area (Å²) in [6, 6.07) is 5.89. The molecule has 0 bridgehead atoms. The fourth-order valence-electron chi connectivity index (χ4n) is 2.70. The molecule has 4 heteroatoms. The number of nitrogens with zero attached hydrogens (tertiary/aromatic N) is 1. The number of piperidine rings is 1. The predicted molar refractivity (Wildman–Crippen MR) is 75.6 cm³/mol. The summed E-state index contributed by atoms with van der Waals surface area (Å²) in [4.78, 5) is 16.9. The molecule has 4 nitrogen and oxygen atoms in total. The van der Waals surface area contributed by atoms with E-state index in [1.807, 2.05) is 25.1 Å². The molecule has 0 aromatic carbocycles. The van der Waals surface area contributed by atoms with E-state index in [4.69, 9.17) is 0 Å². The highest BCUT2D eigenvalue weighted by Gasteiger charge is 2.37. The Morgan fingerprint density at radius 3 is 2.79 bits per heavy atom. The molecule has 1 saturated heterocycles. The topological polar surface area (TPSA) is 54.0 Å². The summed E-state index contributed by atoms with van der Waals surface area (Å²) in [6.45, 7) is 6.46. The maximum absolute atomic E-state index is 12.4. The van der Waals surface area contributed by atoms with Crippen molar-refractivity contribution >= 4 is 5.91 Å². The van der Waals surface area contributed by atoms with E-state index in [-0.39, 0.29) is 11.3 Å². The summed E-state index contributed by atoms with van der Waals surface area (Å²) >= 11 is 0. The Morgan fingerprint density at radius 2 is 2.16 bits per heavy atom. The van der Waals surface area contributed by atoms with E-state index in [0.29, 0.717) is 6.54 Å². The molecule has 0 unspecified atom stereocenters. The Bertz CT molecular complexity index is 439. The quantitative estimate of drug-likeness (QED) is 0.869. The summed E-state index contributed by atoms with van der Waals surface area (Å²) in [5, 5.41) is 6.38. The Balaban J connectivity index is 1.96. The summed E-state index contributed by atoms with van der Waals surface area (Å²) in [6.07, 6.45) is 2.76. The molecule has 1 aliphatic heterocycles. The Labute approximate surface area is 115 Å². The first kappa shape index (κ1) is 14.0. The minimum absolute atomic E-state index is 0.180. The third-order valence-corrected chi connectivity index (χ3v) is 4.10. The molecule has 1 aromatic rings. The normalized spacial score (nSPS) is 18.0. The zero-order valence-electron chi connectivity index (χ0n) is 11.8. The second kappa shape index (κ2) is 6.15. The molecule has 0 atom stereocenters. The van der Waals surface area contributed by atoms with Crippen molar-refractivity contribution in [2.75, 3.05) is 13.1 Å². The van der Waals surface area contributed by atoms with E-state index in [1.165, 1.54) is 0 Å². The van der Waals surface area contributed by atoms with E-state index in [2.05, 4.69) is 22.5 Å². The second-order valence-corrected chi connectivity index (χ2v) is 5.34. The Morgan fingerprint density at radius 1 is 1.42 bits per heavy atom. The largest absolute Gasteiger partial charge is 0.350 e. The first-order valence-electron chi connectivity index (χ1n) is 7.08. The van der Waals surface area contributed by atoms with Gasteiger partial charge in [-0.05, 0) is 51.4 Å². The van der Waals surface area contributed by atoms with Crippen LogP contribution in [0.15, 0.2) is 18.2 Å². The fourth-order valence-corrected chi connectivity index (χ4v) is 2.70. The second-order valence-electron chi connectivity index (χ2n) is 5.34. The van der Waals surface area contributed by atoms with Crippen molar-refractivity contribution in [2.24, 2.45) is 5.41 Å². The van der Waals surface area contributed by atoms with Crippen LogP contribution in [0.5, 0.6) is 0 Å². The van der Waals surface area contributed by atoms with E-state index < -0.39 is 0 Å². The lowest BCUT2D eigenvalue weighted by Crippen LogP contribution is -2.47. The predicted octanol–water partition coefficient (Wildman–Crippen LogP) is 1.79. The third-order valence-electron chi connectivity index (χ3n) is 4.10. The number of rotatable bonds is 4. The molecule has 1 aliphatic rings. The summed E-state index contributed by atoms with van der Waals surface area (Å²) in [5.41, 5.74) is 1.72. The van der Waals surface area contributed by atoms with Crippen molar-refractivity contribution in [3.05, 3.63) is 29.6 Å². The molecule has 1 fully saturated rings. The minimum Gasteiger partial charge on any atom is -0.350 e. The van der Waals surface area contributed by atoms with Gasteiger partial charge in [-0.15, -0.1) is 0 Å². The van der Waals surface area contributed by atoms with E-state index in [0.717, 1.165) is 43.7 Å². The smallest absolute Gasteiger partial charge is 0.226 e. The van der Waals surface area contributed by atoms with Gasteiger partial charge in [0, 0.05) is 5.69 Å². The molecule has 2 rings (SSSR count). The zero-order chi connectivity index (χ0) is 13.7. The van der Waals surface area contributed by atoms with Crippen molar-refractivity contribution in [1.29, 1.82) is 0 Å². The lowest BCUT2D eigenvalue weighted by Gasteiger charge is -2.35. The SMILES string of the molecule is CCC1(C(=O)NCc2cccc(C)n2)CCNCC1. The standard InChI is InChI=1S/C15H23N3O/c1-3-15(7-9-16-10-8-15)14(19)17-11-13-6-4-5-12(2)18-13/h4-6,16H,3,7-11H2,1-2H3,(H,17,19). The lowest BCUT2D eigenvalue weighted by molar-refractivity contribution is -0.133. The molecule has 2 heterocycles. The number of aryl methyl sites for hydroxylation is 1. The van der Waals surface area contributed by atoms with Crippen LogP contribution in [-0.4, -0.2) is 24.0 Å². The van der Waals surface area contributed by atoms with Crippen molar-refractivity contribution in [3.8, 4) is 0 Å². The van der Waals surface area contributed by atoms with Gasteiger partial charge in [0.15, 0.2) is 0 Å². The molecular formula is C15H23N3O. The van der Waals surface area contributed by atoms with E-state index in [1.54, 1.807) is 0 Å². The van der Waals surface area contributed by atoms with Gasteiger partial charge >= 0.3 is 0 Å². The molecule has 0 aliphatic carbocycles. The highest BCUT2D eigenvalue weighted by atomic mass is 16.2.